The van der Waals surface area contributed by atoms with Gasteiger partial charge in [-0.1, -0.05) is 20.8 Å². The van der Waals surface area contributed by atoms with E-state index in [2.05, 4.69) is 24.2 Å². The molecule has 0 aromatic carbocycles. The Morgan fingerprint density at radius 1 is 1.44 bits per heavy atom. The smallest absolute Gasteiger partial charge is 0.225 e. The topological polar surface area (TPSA) is 32.3 Å². The van der Waals surface area contributed by atoms with Gasteiger partial charge in [-0.3, -0.25) is 4.79 Å². The maximum absolute atomic E-state index is 12.1. The molecule has 1 saturated carbocycles. The Kier molecular flexibility index (Phi) is 2.99. The highest BCUT2D eigenvalue weighted by molar-refractivity contribution is 5.82. The minimum Gasteiger partial charge on any atom is -0.353 e. The SMILES string of the molecule is CCC(C)(C)C(=O)NC1CC2CC1CN2C. The Balaban J connectivity index is 1.91. The number of likely N-dealkylation sites (tertiary alicyclic amines) is 1. The molecule has 2 rings (SSSR count). The molecule has 1 saturated heterocycles. The third-order valence-electron chi connectivity index (χ3n) is 4.63. The van der Waals surface area contributed by atoms with Crippen molar-refractivity contribution in [2.24, 2.45) is 11.3 Å². The van der Waals surface area contributed by atoms with Gasteiger partial charge in [-0.25, -0.2) is 0 Å². The lowest BCUT2D eigenvalue weighted by Crippen LogP contribution is -2.48. The zero-order valence-corrected chi connectivity index (χ0v) is 10.9. The van der Waals surface area contributed by atoms with Crippen molar-refractivity contribution in [3.05, 3.63) is 0 Å². The summed E-state index contributed by atoms with van der Waals surface area (Å²) in [5.41, 5.74) is -0.215. The van der Waals surface area contributed by atoms with E-state index in [9.17, 15) is 4.79 Å². The van der Waals surface area contributed by atoms with Crippen LogP contribution in [0.15, 0.2) is 0 Å². The van der Waals surface area contributed by atoms with Crippen molar-refractivity contribution in [1.82, 2.24) is 10.2 Å². The molecule has 3 heteroatoms. The molecule has 0 aromatic rings. The van der Waals surface area contributed by atoms with E-state index in [0.29, 0.717) is 18.0 Å². The maximum atomic E-state index is 12.1. The first-order valence-electron chi connectivity index (χ1n) is 6.45. The minimum absolute atomic E-state index is 0.215. The largest absolute Gasteiger partial charge is 0.353 e. The third kappa shape index (κ3) is 1.97. The fourth-order valence-electron chi connectivity index (χ4n) is 2.88. The van der Waals surface area contributed by atoms with Crippen LogP contribution in [-0.2, 0) is 4.79 Å². The van der Waals surface area contributed by atoms with Crippen LogP contribution in [0.5, 0.6) is 0 Å². The number of fused-ring (bicyclic) bond motifs is 2. The highest BCUT2D eigenvalue weighted by Gasteiger charge is 2.44. The predicted molar refractivity (Wildman–Crippen MR) is 65.1 cm³/mol. The van der Waals surface area contributed by atoms with Gasteiger partial charge in [0.2, 0.25) is 5.91 Å². The molecule has 0 radical (unpaired) electrons. The van der Waals surface area contributed by atoms with Crippen LogP contribution in [0.25, 0.3) is 0 Å². The quantitative estimate of drug-likeness (QED) is 0.790. The molecule has 1 amide bonds. The Morgan fingerprint density at radius 2 is 2.12 bits per heavy atom. The highest BCUT2D eigenvalue weighted by Crippen LogP contribution is 2.37. The second-order valence-corrected chi connectivity index (χ2v) is 6.14. The number of rotatable bonds is 3. The molecule has 0 aromatic heterocycles. The van der Waals surface area contributed by atoms with E-state index in [0.717, 1.165) is 19.4 Å². The highest BCUT2D eigenvalue weighted by atomic mass is 16.2. The summed E-state index contributed by atoms with van der Waals surface area (Å²) in [6, 6.07) is 1.14. The molecule has 2 fully saturated rings. The van der Waals surface area contributed by atoms with Crippen molar-refractivity contribution in [3.8, 4) is 0 Å². The second-order valence-electron chi connectivity index (χ2n) is 6.14. The molecule has 3 atom stereocenters. The zero-order chi connectivity index (χ0) is 11.9. The molecule has 1 N–H and O–H groups in total. The Bertz CT molecular complexity index is 286. The van der Waals surface area contributed by atoms with Gasteiger partial charge in [0.1, 0.15) is 0 Å². The van der Waals surface area contributed by atoms with Gasteiger partial charge in [-0.05, 0) is 32.2 Å². The summed E-state index contributed by atoms with van der Waals surface area (Å²) < 4.78 is 0. The second kappa shape index (κ2) is 4.02. The first kappa shape index (κ1) is 11.9. The number of hydrogen-bond donors (Lipinski definition) is 1. The number of nitrogens with zero attached hydrogens (tertiary/aromatic N) is 1. The molecule has 92 valence electrons. The molecule has 3 unspecified atom stereocenters. The summed E-state index contributed by atoms with van der Waals surface area (Å²) in [5, 5.41) is 3.26. The van der Waals surface area contributed by atoms with E-state index in [-0.39, 0.29) is 11.3 Å². The van der Waals surface area contributed by atoms with Crippen molar-refractivity contribution in [1.29, 1.82) is 0 Å². The Morgan fingerprint density at radius 3 is 2.56 bits per heavy atom. The standard InChI is InChI=1S/C13H24N2O/c1-5-13(2,3)12(16)14-11-7-10-6-9(11)8-15(10)4/h9-11H,5-8H2,1-4H3,(H,14,16). The number of amides is 1. The number of carbonyl (C=O) groups excluding carboxylic acids is 1. The lowest BCUT2D eigenvalue weighted by molar-refractivity contribution is -0.130. The molecule has 1 heterocycles. The van der Waals surface area contributed by atoms with Gasteiger partial charge in [0.15, 0.2) is 0 Å². The summed E-state index contributed by atoms with van der Waals surface area (Å²) >= 11 is 0. The van der Waals surface area contributed by atoms with Crippen LogP contribution in [0.3, 0.4) is 0 Å². The summed E-state index contributed by atoms with van der Waals surface area (Å²) in [5.74, 6) is 0.918. The third-order valence-corrected chi connectivity index (χ3v) is 4.63. The lowest BCUT2D eigenvalue weighted by Gasteiger charge is -2.31. The van der Waals surface area contributed by atoms with E-state index < -0.39 is 0 Å². The van der Waals surface area contributed by atoms with E-state index in [1.54, 1.807) is 0 Å². The Labute approximate surface area is 98.6 Å². The molecule has 2 bridgehead atoms. The van der Waals surface area contributed by atoms with Crippen LogP contribution in [0.4, 0.5) is 0 Å². The van der Waals surface area contributed by atoms with Crippen molar-refractivity contribution < 1.29 is 4.79 Å². The maximum Gasteiger partial charge on any atom is 0.225 e. The molecule has 2 aliphatic rings. The molecule has 1 aliphatic carbocycles. The number of piperidine rings is 1. The van der Waals surface area contributed by atoms with Gasteiger partial charge >= 0.3 is 0 Å². The first-order chi connectivity index (χ1) is 7.44. The van der Waals surface area contributed by atoms with Crippen LogP contribution in [0, 0.1) is 11.3 Å². The fraction of sp³-hybridized carbons (Fsp3) is 0.923. The van der Waals surface area contributed by atoms with Gasteiger partial charge in [-0.2, -0.15) is 0 Å². The first-order valence-corrected chi connectivity index (χ1v) is 6.45. The molecular weight excluding hydrogens is 200 g/mol. The molecular formula is C13H24N2O. The predicted octanol–water partition coefficient (Wildman–Crippen LogP) is 1.63. The van der Waals surface area contributed by atoms with Crippen molar-refractivity contribution in [2.45, 2.75) is 52.1 Å². The molecule has 0 spiro atoms. The molecule has 16 heavy (non-hydrogen) atoms. The summed E-state index contributed by atoms with van der Waals surface area (Å²) in [7, 11) is 2.19. The summed E-state index contributed by atoms with van der Waals surface area (Å²) in [6.07, 6.45) is 3.32. The normalized spacial score (nSPS) is 34.4. The number of nitrogens with one attached hydrogen (secondary N) is 1. The summed E-state index contributed by atoms with van der Waals surface area (Å²) in [4.78, 5) is 14.5. The van der Waals surface area contributed by atoms with Crippen molar-refractivity contribution >= 4 is 5.91 Å². The summed E-state index contributed by atoms with van der Waals surface area (Å²) in [6.45, 7) is 7.29. The van der Waals surface area contributed by atoms with Gasteiger partial charge < -0.3 is 10.2 Å². The van der Waals surface area contributed by atoms with E-state index in [1.807, 2.05) is 13.8 Å². The van der Waals surface area contributed by atoms with Crippen LogP contribution in [0.1, 0.15) is 40.0 Å². The average Bonchev–Trinajstić information content (AvgIpc) is 2.76. The van der Waals surface area contributed by atoms with Crippen molar-refractivity contribution in [3.63, 3.8) is 0 Å². The number of carbonyl (C=O) groups is 1. The van der Waals surface area contributed by atoms with Crippen molar-refractivity contribution in [2.75, 3.05) is 13.6 Å². The lowest BCUT2D eigenvalue weighted by atomic mass is 9.88. The zero-order valence-electron chi connectivity index (χ0n) is 10.9. The van der Waals surface area contributed by atoms with Crippen LogP contribution < -0.4 is 5.32 Å². The van der Waals surface area contributed by atoms with Gasteiger partial charge in [0, 0.05) is 24.0 Å². The minimum atomic E-state index is -0.215. The van der Waals surface area contributed by atoms with E-state index >= 15 is 0 Å². The van der Waals surface area contributed by atoms with Gasteiger partial charge in [0.25, 0.3) is 0 Å². The van der Waals surface area contributed by atoms with Crippen LogP contribution in [-0.4, -0.2) is 36.5 Å². The molecule has 1 aliphatic heterocycles. The van der Waals surface area contributed by atoms with Gasteiger partial charge in [-0.15, -0.1) is 0 Å². The Hall–Kier alpha value is -0.570. The van der Waals surface area contributed by atoms with Crippen LogP contribution >= 0.6 is 0 Å². The van der Waals surface area contributed by atoms with Gasteiger partial charge in [0.05, 0.1) is 0 Å². The monoisotopic (exact) mass is 224 g/mol. The molecule has 3 nitrogen and oxygen atoms in total. The van der Waals surface area contributed by atoms with Crippen LogP contribution in [0.2, 0.25) is 0 Å². The van der Waals surface area contributed by atoms with E-state index in [4.69, 9.17) is 0 Å². The number of hydrogen-bond acceptors (Lipinski definition) is 2. The average molecular weight is 224 g/mol. The van der Waals surface area contributed by atoms with E-state index in [1.165, 1.54) is 6.42 Å². The fourth-order valence-corrected chi connectivity index (χ4v) is 2.88.